The minimum absolute atomic E-state index is 0.0249. The molecular weight excluding hydrogens is 440 g/mol. The van der Waals surface area contributed by atoms with Crippen molar-refractivity contribution in [1.82, 2.24) is 15.5 Å². The lowest BCUT2D eigenvalue weighted by Crippen LogP contribution is -2.26. The fourth-order valence-electron chi connectivity index (χ4n) is 3.12. The molecule has 0 aliphatic heterocycles. The Morgan fingerprint density at radius 2 is 2.03 bits per heavy atom. The zero-order chi connectivity index (χ0) is 22.4. The second-order valence-electron chi connectivity index (χ2n) is 7.69. The highest BCUT2D eigenvalue weighted by atomic mass is 35.5. The van der Waals surface area contributed by atoms with E-state index in [0.29, 0.717) is 41.8 Å². The van der Waals surface area contributed by atoms with Crippen LogP contribution in [-0.2, 0) is 10.0 Å². The molecule has 0 aliphatic carbocycles. The molecule has 0 saturated carbocycles. The van der Waals surface area contributed by atoms with Gasteiger partial charge in [-0.3, -0.25) is 9.82 Å². The predicted octanol–water partition coefficient (Wildman–Crippen LogP) is 3.32. The minimum atomic E-state index is -3.42. The van der Waals surface area contributed by atoms with Crippen molar-refractivity contribution in [2.75, 3.05) is 30.2 Å². The van der Waals surface area contributed by atoms with Gasteiger partial charge in [0.2, 0.25) is 10.0 Å². The Balaban J connectivity index is 1.45. The summed E-state index contributed by atoms with van der Waals surface area (Å²) in [6.45, 7) is 4.94. The summed E-state index contributed by atoms with van der Waals surface area (Å²) in [5.74, 6) is 0.759. The molecule has 0 fully saturated rings. The van der Waals surface area contributed by atoms with Gasteiger partial charge in [0, 0.05) is 30.2 Å². The number of aliphatic hydroxyl groups excluding tert-OH is 1. The number of rotatable bonds is 11. The van der Waals surface area contributed by atoms with Crippen molar-refractivity contribution in [3.05, 3.63) is 53.2 Å². The molecule has 0 radical (unpaired) electrons. The van der Waals surface area contributed by atoms with Crippen LogP contribution < -0.4 is 14.8 Å². The van der Waals surface area contributed by atoms with Gasteiger partial charge < -0.3 is 15.2 Å². The van der Waals surface area contributed by atoms with Crippen LogP contribution >= 0.6 is 11.6 Å². The van der Waals surface area contributed by atoms with Crippen molar-refractivity contribution in [2.24, 2.45) is 5.92 Å². The van der Waals surface area contributed by atoms with Crippen LogP contribution in [0.15, 0.2) is 42.5 Å². The average Bonchev–Trinajstić information content (AvgIpc) is 3.06. The number of hydrogen-bond acceptors (Lipinski definition) is 6. The van der Waals surface area contributed by atoms with Crippen molar-refractivity contribution in [3.8, 4) is 5.75 Å². The molecule has 10 heteroatoms. The van der Waals surface area contributed by atoms with Crippen molar-refractivity contribution in [3.63, 3.8) is 0 Å². The number of halogens is 1. The summed E-state index contributed by atoms with van der Waals surface area (Å²) in [6, 6.07) is 12.3. The third-order valence-electron chi connectivity index (χ3n) is 4.47. The number of aromatic amines is 1. The second kappa shape index (κ2) is 10.3. The fourth-order valence-corrected chi connectivity index (χ4v) is 4.78. The van der Waals surface area contributed by atoms with Crippen LogP contribution in [0.2, 0.25) is 5.15 Å². The number of hydrogen-bond donors (Lipinski definition) is 4. The molecule has 1 aromatic heterocycles. The minimum Gasteiger partial charge on any atom is -0.492 e. The van der Waals surface area contributed by atoms with Gasteiger partial charge in [-0.05, 0) is 35.7 Å². The fraction of sp³-hybridized carbons (Fsp3) is 0.381. The molecule has 3 aromatic rings. The van der Waals surface area contributed by atoms with Crippen LogP contribution in [0.5, 0.6) is 5.75 Å². The molecular formula is C21H27ClN4O4S. The number of nitrogens with one attached hydrogen (secondary N) is 3. The van der Waals surface area contributed by atoms with E-state index in [4.69, 9.17) is 16.3 Å². The first-order valence-corrected chi connectivity index (χ1v) is 12.0. The van der Waals surface area contributed by atoms with Crippen LogP contribution in [0, 0.1) is 5.92 Å². The molecule has 0 amide bonds. The predicted molar refractivity (Wildman–Crippen MR) is 123 cm³/mol. The lowest BCUT2D eigenvalue weighted by atomic mass is 10.1. The smallest absolute Gasteiger partial charge is 0.232 e. The standard InChI is InChI=1S/C21H27ClN4O4S/c1-14(2)13-31(28,29)26-16-5-3-4-15(10-16)20(27)12-23-8-9-30-17-6-7-18-19(11-17)24-25-21(18)22/h3-7,10-11,14,20,23,26-27H,8-9,12-13H2,1-2H3,(H,24,25)/t20-/m0/s1. The summed E-state index contributed by atoms with van der Waals surface area (Å²) >= 11 is 5.96. The van der Waals surface area contributed by atoms with E-state index in [1.54, 1.807) is 24.3 Å². The molecule has 0 bridgehead atoms. The van der Waals surface area contributed by atoms with Crippen LogP contribution in [0.1, 0.15) is 25.5 Å². The highest BCUT2D eigenvalue weighted by molar-refractivity contribution is 7.92. The van der Waals surface area contributed by atoms with Gasteiger partial charge in [-0.1, -0.05) is 37.6 Å². The van der Waals surface area contributed by atoms with Crippen molar-refractivity contribution >= 4 is 38.2 Å². The van der Waals surface area contributed by atoms with E-state index in [2.05, 4.69) is 20.2 Å². The van der Waals surface area contributed by atoms with Gasteiger partial charge >= 0.3 is 0 Å². The SMILES string of the molecule is CC(C)CS(=O)(=O)Nc1cccc([C@@H](O)CNCCOc2ccc3c(Cl)n[nH]c3c2)c1. The lowest BCUT2D eigenvalue weighted by Gasteiger charge is -2.15. The van der Waals surface area contributed by atoms with E-state index in [0.717, 1.165) is 10.9 Å². The number of aromatic nitrogens is 2. The summed E-state index contributed by atoms with van der Waals surface area (Å²) in [5.41, 5.74) is 1.87. The molecule has 168 valence electrons. The molecule has 1 atom stereocenters. The number of H-pyrrole nitrogens is 1. The topological polar surface area (TPSA) is 116 Å². The highest BCUT2D eigenvalue weighted by Crippen LogP contribution is 2.24. The molecule has 2 aromatic carbocycles. The van der Waals surface area contributed by atoms with E-state index in [1.165, 1.54) is 0 Å². The molecule has 0 aliphatic rings. The van der Waals surface area contributed by atoms with Gasteiger partial charge in [-0.15, -0.1) is 0 Å². The Kier molecular flexibility index (Phi) is 7.77. The summed E-state index contributed by atoms with van der Waals surface area (Å²) in [7, 11) is -3.42. The summed E-state index contributed by atoms with van der Waals surface area (Å²) in [5, 5.41) is 21.6. The van der Waals surface area contributed by atoms with Gasteiger partial charge in [0.05, 0.1) is 17.4 Å². The first kappa shape index (κ1) is 23.3. The molecule has 3 rings (SSSR count). The summed E-state index contributed by atoms with van der Waals surface area (Å²) in [6.07, 6.45) is -0.780. The summed E-state index contributed by atoms with van der Waals surface area (Å²) in [4.78, 5) is 0. The van der Waals surface area contributed by atoms with E-state index in [9.17, 15) is 13.5 Å². The van der Waals surface area contributed by atoms with Gasteiger partial charge in [0.15, 0.2) is 5.15 Å². The number of sulfonamides is 1. The molecule has 1 heterocycles. The first-order chi connectivity index (χ1) is 14.7. The van der Waals surface area contributed by atoms with Gasteiger partial charge in [0.25, 0.3) is 0 Å². The normalized spacial score (nSPS) is 12.9. The van der Waals surface area contributed by atoms with Gasteiger partial charge in [-0.2, -0.15) is 5.10 Å². The number of benzene rings is 2. The van der Waals surface area contributed by atoms with E-state index >= 15 is 0 Å². The lowest BCUT2D eigenvalue weighted by molar-refractivity contribution is 0.172. The van der Waals surface area contributed by atoms with Crippen LogP contribution in [0.3, 0.4) is 0 Å². The van der Waals surface area contributed by atoms with E-state index in [-0.39, 0.29) is 11.7 Å². The van der Waals surface area contributed by atoms with Crippen molar-refractivity contribution < 1.29 is 18.3 Å². The number of fused-ring (bicyclic) bond motifs is 1. The first-order valence-electron chi connectivity index (χ1n) is 9.99. The molecule has 0 saturated heterocycles. The molecule has 0 spiro atoms. The maximum Gasteiger partial charge on any atom is 0.232 e. The van der Waals surface area contributed by atoms with Crippen molar-refractivity contribution in [1.29, 1.82) is 0 Å². The molecule has 4 N–H and O–H groups in total. The third-order valence-corrected chi connectivity index (χ3v) is 6.41. The van der Waals surface area contributed by atoms with Crippen LogP contribution in [0.4, 0.5) is 5.69 Å². The largest absolute Gasteiger partial charge is 0.492 e. The Hall–Kier alpha value is -2.33. The van der Waals surface area contributed by atoms with E-state index < -0.39 is 16.1 Å². The quantitative estimate of drug-likeness (QED) is 0.322. The summed E-state index contributed by atoms with van der Waals surface area (Å²) < 4.78 is 32.5. The number of anilines is 1. The van der Waals surface area contributed by atoms with Gasteiger partial charge in [0.1, 0.15) is 12.4 Å². The number of nitrogens with zero attached hydrogens (tertiary/aromatic N) is 1. The number of ether oxygens (including phenoxy) is 1. The maximum absolute atomic E-state index is 12.1. The zero-order valence-corrected chi connectivity index (χ0v) is 19.0. The third kappa shape index (κ3) is 6.83. The van der Waals surface area contributed by atoms with Gasteiger partial charge in [-0.25, -0.2) is 8.42 Å². The highest BCUT2D eigenvalue weighted by Gasteiger charge is 2.14. The Labute approximate surface area is 187 Å². The Morgan fingerprint density at radius 1 is 1.23 bits per heavy atom. The molecule has 8 nitrogen and oxygen atoms in total. The molecule has 31 heavy (non-hydrogen) atoms. The molecule has 0 unspecified atom stereocenters. The van der Waals surface area contributed by atoms with Crippen LogP contribution in [0.25, 0.3) is 10.9 Å². The average molecular weight is 467 g/mol. The van der Waals surface area contributed by atoms with E-state index in [1.807, 2.05) is 32.0 Å². The van der Waals surface area contributed by atoms with Crippen LogP contribution in [-0.4, -0.2) is 49.2 Å². The second-order valence-corrected chi connectivity index (χ2v) is 9.82. The Morgan fingerprint density at radius 3 is 2.81 bits per heavy atom. The maximum atomic E-state index is 12.1. The van der Waals surface area contributed by atoms with Crippen molar-refractivity contribution in [2.45, 2.75) is 20.0 Å². The monoisotopic (exact) mass is 466 g/mol. The zero-order valence-electron chi connectivity index (χ0n) is 17.4. The number of aliphatic hydroxyl groups is 1. The Bertz CT molecular complexity index is 1120.